The summed E-state index contributed by atoms with van der Waals surface area (Å²) in [6, 6.07) is 20.0. The number of hydrogen-bond acceptors (Lipinski definition) is 1. The van der Waals surface area contributed by atoms with Crippen molar-refractivity contribution in [3.05, 3.63) is 59.7 Å². The van der Waals surface area contributed by atoms with Crippen molar-refractivity contribution in [2.24, 2.45) is 0 Å². The van der Waals surface area contributed by atoms with Crippen molar-refractivity contribution in [3.63, 3.8) is 0 Å². The van der Waals surface area contributed by atoms with Crippen LogP contribution < -0.4 is 0 Å². The lowest BCUT2D eigenvalue weighted by atomic mass is 10.0. The van der Waals surface area contributed by atoms with Crippen molar-refractivity contribution in [2.75, 3.05) is 0 Å². The van der Waals surface area contributed by atoms with Crippen molar-refractivity contribution in [1.29, 1.82) is 5.26 Å². The Hall–Kier alpha value is -2.07. The van der Waals surface area contributed by atoms with Gasteiger partial charge in [-0.15, -0.1) is 0 Å². The van der Waals surface area contributed by atoms with Gasteiger partial charge in [-0.25, -0.2) is 0 Å². The summed E-state index contributed by atoms with van der Waals surface area (Å²) in [5.41, 5.74) is 4.63. The molecule has 0 heterocycles. The summed E-state index contributed by atoms with van der Waals surface area (Å²) in [6.07, 6.45) is 1.32. The zero-order chi connectivity index (χ0) is 12.1. The van der Waals surface area contributed by atoms with Gasteiger partial charge < -0.3 is 0 Å². The summed E-state index contributed by atoms with van der Waals surface area (Å²) < 4.78 is 0. The van der Waals surface area contributed by atoms with Crippen LogP contribution in [0.15, 0.2) is 42.5 Å². The Morgan fingerprint density at radius 3 is 2.59 bits per heavy atom. The SMILES string of the molecule is Cc1ccc(-c2[c]c(CCC#N)ccc2)cc1. The van der Waals surface area contributed by atoms with E-state index >= 15 is 0 Å². The highest BCUT2D eigenvalue weighted by Gasteiger charge is 1.99. The van der Waals surface area contributed by atoms with Crippen molar-refractivity contribution in [3.8, 4) is 17.2 Å². The number of rotatable bonds is 3. The monoisotopic (exact) mass is 220 g/mol. The van der Waals surface area contributed by atoms with Gasteiger partial charge in [-0.05, 0) is 36.1 Å². The molecule has 1 heteroatoms. The lowest BCUT2D eigenvalue weighted by molar-refractivity contribution is 1.01. The lowest BCUT2D eigenvalue weighted by Crippen LogP contribution is -1.86. The van der Waals surface area contributed by atoms with E-state index in [1.165, 1.54) is 11.1 Å². The first-order valence-electron chi connectivity index (χ1n) is 5.75. The molecule has 1 radical (unpaired) electrons. The van der Waals surface area contributed by atoms with Gasteiger partial charge in [0.15, 0.2) is 0 Å². The molecule has 0 fully saturated rings. The third-order valence-corrected chi connectivity index (χ3v) is 2.72. The maximum atomic E-state index is 8.58. The number of nitrogens with zero attached hydrogens (tertiary/aromatic N) is 1. The predicted octanol–water partition coefficient (Wildman–Crippen LogP) is 3.92. The second-order valence-electron chi connectivity index (χ2n) is 4.11. The van der Waals surface area contributed by atoms with Crippen molar-refractivity contribution in [1.82, 2.24) is 0 Å². The molecule has 0 aromatic heterocycles. The van der Waals surface area contributed by atoms with Gasteiger partial charge in [-0.3, -0.25) is 0 Å². The van der Waals surface area contributed by atoms with Crippen molar-refractivity contribution >= 4 is 0 Å². The molecule has 0 atom stereocenters. The molecule has 0 aliphatic carbocycles. The Morgan fingerprint density at radius 2 is 1.88 bits per heavy atom. The highest BCUT2D eigenvalue weighted by Crippen LogP contribution is 2.20. The Bertz CT molecular complexity index is 532. The maximum absolute atomic E-state index is 8.58. The molecule has 0 aliphatic heterocycles. The standard InChI is InChI=1S/C16H14N/c1-13-7-9-15(10-8-13)16-6-2-4-14(12-16)5-3-11-17/h2,4,6-10H,3,5H2,1H3. The fraction of sp³-hybridized carbons (Fsp3) is 0.188. The molecule has 0 saturated carbocycles. The van der Waals surface area contributed by atoms with E-state index in [1.54, 1.807) is 0 Å². The van der Waals surface area contributed by atoms with Crippen LogP contribution in [0.4, 0.5) is 0 Å². The van der Waals surface area contributed by atoms with E-state index in [1.807, 2.05) is 12.1 Å². The molecule has 0 bridgehead atoms. The second-order valence-corrected chi connectivity index (χ2v) is 4.11. The summed E-state index contributed by atoms with van der Waals surface area (Å²) in [4.78, 5) is 0. The Kier molecular flexibility index (Phi) is 3.57. The molecule has 0 aliphatic rings. The fourth-order valence-electron chi connectivity index (χ4n) is 1.75. The van der Waals surface area contributed by atoms with Gasteiger partial charge in [0.25, 0.3) is 0 Å². The summed E-state index contributed by atoms with van der Waals surface area (Å²) in [7, 11) is 0. The average molecular weight is 220 g/mol. The summed E-state index contributed by atoms with van der Waals surface area (Å²) in [6.45, 7) is 2.08. The van der Waals surface area contributed by atoms with Gasteiger partial charge in [-0.1, -0.05) is 48.0 Å². The summed E-state index contributed by atoms with van der Waals surface area (Å²) in [5, 5.41) is 8.58. The predicted molar refractivity (Wildman–Crippen MR) is 69.4 cm³/mol. The first-order chi connectivity index (χ1) is 8.29. The second kappa shape index (κ2) is 5.32. The maximum Gasteiger partial charge on any atom is 0.0625 e. The third-order valence-electron chi connectivity index (χ3n) is 2.72. The minimum atomic E-state index is 0.549. The van der Waals surface area contributed by atoms with Gasteiger partial charge in [-0.2, -0.15) is 5.26 Å². The van der Waals surface area contributed by atoms with Crippen molar-refractivity contribution in [2.45, 2.75) is 19.8 Å². The lowest BCUT2D eigenvalue weighted by Gasteiger charge is -2.04. The van der Waals surface area contributed by atoms with Crippen LogP contribution in [0.2, 0.25) is 0 Å². The largest absolute Gasteiger partial charge is 0.198 e. The molecule has 0 spiro atoms. The fourth-order valence-corrected chi connectivity index (χ4v) is 1.75. The van der Waals surface area contributed by atoms with Gasteiger partial charge in [0, 0.05) is 6.42 Å². The number of benzene rings is 2. The molecule has 0 amide bonds. The molecule has 2 rings (SSSR count). The van der Waals surface area contributed by atoms with Crippen LogP contribution in [0.1, 0.15) is 17.5 Å². The summed E-state index contributed by atoms with van der Waals surface area (Å²) in [5.74, 6) is 0. The van der Waals surface area contributed by atoms with Gasteiger partial charge in [0.05, 0.1) is 6.07 Å². The van der Waals surface area contributed by atoms with E-state index in [-0.39, 0.29) is 0 Å². The Morgan fingerprint density at radius 1 is 1.12 bits per heavy atom. The molecule has 1 nitrogen and oxygen atoms in total. The summed E-state index contributed by atoms with van der Waals surface area (Å²) >= 11 is 0. The first kappa shape index (κ1) is 11.4. The minimum Gasteiger partial charge on any atom is -0.198 e. The third kappa shape index (κ3) is 2.95. The molecule has 0 unspecified atom stereocenters. The van der Waals surface area contributed by atoms with E-state index < -0.39 is 0 Å². The zero-order valence-electron chi connectivity index (χ0n) is 9.90. The molecule has 83 valence electrons. The number of aryl methyl sites for hydroxylation is 2. The molecule has 0 saturated heterocycles. The highest BCUT2D eigenvalue weighted by atomic mass is 14.2. The highest BCUT2D eigenvalue weighted by molar-refractivity contribution is 5.63. The van der Waals surface area contributed by atoms with Crippen LogP contribution >= 0.6 is 0 Å². The molecular formula is C16H14N. The van der Waals surface area contributed by atoms with Gasteiger partial charge in [0.1, 0.15) is 0 Å². The average Bonchev–Trinajstić information content (AvgIpc) is 2.37. The van der Waals surface area contributed by atoms with Crippen LogP contribution in [-0.4, -0.2) is 0 Å². The number of hydrogen-bond donors (Lipinski definition) is 0. The molecule has 2 aromatic rings. The van der Waals surface area contributed by atoms with Crippen LogP contribution in [0.3, 0.4) is 0 Å². The van der Waals surface area contributed by atoms with E-state index in [4.69, 9.17) is 5.26 Å². The molecule has 0 N–H and O–H groups in total. The number of nitriles is 1. The normalized spacial score (nSPS) is 9.88. The van der Waals surface area contributed by atoms with Gasteiger partial charge >= 0.3 is 0 Å². The zero-order valence-corrected chi connectivity index (χ0v) is 9.90. The van der Waals surface area contributed by atoms with E-state index in [2.05, 4.69) is 49.4 Å². The Balaban J connectivity index is 2.27. The quantitative estimate of drug-likeness (QED) is 0.769. The van der Waals surface area contributed by atoms with E-state index in [0.29, 0.717) is 6.42 Å². The van der Waals surface area contributed by atoms with Crippen LogP contribution in [0.25, 0.3) is 11.1 Å². The molecule has 17 heavy (non-hydrogen) atoms. The van der Waals surface area contributed by atoms with E-state index in [9.17, 15) is 0 Å². The topological polar surface area (TPSA) is 23.8 Å². The molecule has 2 aromatic carbocycles. The first-order valence-corrected chi connectivity index (χ1v) is 5.75. The van der Waals surface area contributed by atoms with Crippen LogP contribution in [0, 0.1) is 24.3 Å². The van der Waals surface area contributed by atoms with E-state index in [0.717, 1.165) is 17.5 Å². The van der Waals surface area contributed by atoms with Crippen LogP contribution in [-0.2, 0) is 6.42 Å². The van der Waals surface area contributed by atoms with Crippen molar-refractivity contribution < 1.29 is 0 Å². The minimum absolute atomic E-state index is 0.549. The smallest absolute Gasteiger partial charge is 0.0625 e. The van der Waals surface area contributed by atoms with Crippen LogP contribution in [0.5, 0.6) is 0 Å². The Labute approximate surface area is 102 Å². The molecular weight excluding hydrogens is 206 g/mol. The van der Waals surface area contributed by atoms with Gasteiger partial charge in [0.2, 0.25) is 0 Å².